The number of hydrogen-bond acceptors (Lipinski definition) is 3. The Hall–Kier alpha value is -2.37. The van der Waals surface area contributed by atoms with E-state index in [4.69, 9.17) is 0 Å². The van der Waals surface area contributed by atoms with E-state index in [-0.39, 0.29) is 17.7 Å². The minimum absolute atomic E-state index is 0.0101. The van der Waals surface area contributed by atoms with E-state index >= 15 is 0 Å². The van der Waals surface area contributed by atoms with Crippen molar-refractivity contribution in [2.24, 2.45) is 5.92 Å². The maximum atomic E-state index is 12.4. The lowest BCUT2D eigenvalue weighted by molar-refractivity contribution is -0.122. The lowest BCUT2D eigenvalue weighted by Gasteiger charge is -2.32. The molecule has 1 saturated heterocycles. The van der Waals surface area contributed by atoms with E-state index < -0.39 is 0 Å². The Balaban J connectivity index is 1.52. The number of carbonyl (C=O) groups excluding carboxylic acids is 3. The highest BCUT2D eigenvalue weighted by Gasteiger charge is 2.29. The van der Waals surface area contributed by atoms with Crippen LogP contribution in [-0.4, -0.2) is 54.2 Å². The third-order valence-electron chi connectivity index (χ3n) is 4.37. The number of rotatable bonds is 5. The van der Waals surface area contributed by atoms with Crippen LogP contribution in [-0.2, 0) is 16.1 Å². The molecule has 1 aromatic carbocycles. The van der Waals surface area contributed by atoms with Crippen LogP contribution >= 0.6 is 0 Å². The Bertz CT molecular complexity index is 588. The minimum atomic E-state index is -0.0101. The molecule has 0 aromatic heterocycles. The Labute approximate surface area is 135 Å². The van der Waals surface area contributed by atoms with Gasteiger partial charge in [0.15, 0.2) is 0 Å². The molecule has 0 radical (unpaired) electrons. The van der Waals surface area contributed by atoms with E-state index in [1.807, 2.05) is 12.1 Å². The summed E-state index contributed by atoms with van der Waals surface area (Å²) in [6.07, 6.45) is 2.82. The number of carbonyl (C=O) groups is 3. The Kier molecular flexibility index (Phi) is 4.60. The molecule has 1 saturated carbocycles. The molecule has 2 aliphatic rings. The first-order valence-electron chi connectivity index (χ1n) is 8.02. The summed E-state index contributed by atoms with van der Waals surface area (Å²) in [5.41, 5.74) is 1.63. The van der Waals surface area contributed by atoms with Crippen molar-refractivity contribution in [3.63, 3.8) is 0 Å². The van der Waals surface area contributed by atoms with Crippen LogP contribution in [0.15, 0.2) is 24.3 Å². The molecule has 1 aliphatic heterocycles. The Morgan fingerprint density at radius 1 is 1.09 bits per heavy atom. The molecular weight excluding hydrogens is 294 g/mol. The summed E-state index contributed by atoms with van der Waals surface area (Å²) in [6.45, 7) is 2.80. The number of nitrogens with zero attached hydrogens (tertiary/aromatic N) is 2. The molecule has 122 valence electrons. The van der Waals surface area contributed by atoms with E-state index in [0.717, 1.165) is 24.8 Å². The highest BCUT2D eigenvalue weighted by molar-refractivity contribution is 5.94. The summed E-state index contributed by atoms with van der Waals surface area (Å²) in [5, 5.41) is 2.91. The van der Waals surface area contributed by atoms with Crippen LogP contribution in [0.4, 0.5) is 0 Å². The minimum Gasteiger partial charge on any atom is -0.352 e. The monoisotopic (exact) mass is 315 g/mol. The molecule has 1 heterocycles. The summed E-state index contributed by atoms with van der Waals surface area (Å²) in [7, 11) is 0. The standard InChI is InChI=1S/C17H21N3O3/c21-12-19-7-9-20(10-8-19)17(23)15-3-1-13(2-4-15)11-18-16(22)14-5-6-14/h1-4,12,14H,5-11H2,(H,18,22). The number of amides is 3. The van der Waals surface area contributed by atoms with Gasteiger partial charge >= 0.3 is 0 Å². The Morgan fingerprint density at radius 2 is 1.74 bits per heavy atom. The van der Waals surface area contributed by atoms with Gasteiger partial charge in [-0.05, 0) is 30.5 Å². The summed E-state index contributed by atoms with van der Waals surface area (Å²) < 4.78 is 0. The average molecular weight is 315 g/mol. The topological polar surface area (TPSA) is 69.7 Å². The van der Waals surface area contributed by atoms with Crippen molar-refractivity contribution in [3.8, 4) is 0 Å². The van der Waals surface area contributed by atoms with Gasteiger partial charge in [-0.25, -0.2) is 0 Å². The van der Waals surface area contributed by atoms with Crippen molar-refractivity contribution in [2.75, 3.05) is 26.2 Å². The predicted octanol–water partition coefficient (Wildman–Crippen LogP) is 0.627. The van der Waals surface area contributed by atoms with Crippen molar-refractivity contribution < 1.29 is 14.4 Å². The molecule has 0 atom stereocenters. The quantitative estimate of drug-likeness (QED) is 0.810. The first-order chi connectivity index (χ1) is 11.2. The van der Waals surface area contributed by atoms with E-state index in [0.29, 0.717) is 38.3 Å². The number of nitrogens with one attached hydrogen (secondary N) is 1. The molecule has 2 fully saturated rings. The zero-order chi connectivity index (χ0) is 16.2. The maximum absolute atomic E-state index is 12.4. The molecule has 1 N–H and O–H groups in total. The lowest BCUT2D eigenvalue weighted by atomic mass is 10.1. The van der Waals surface area contributed by atoms with E-state index in [1.165, 1.54) is 0 Å². The van der Waals surface area contributed by atoms with Gasteiger partial charge in [0.2, 0.25) is 12.3 Å². The van der Waals surface area contributed by atoms with Crippen LogP contribution in [0.1, 0.15) is 28.8 Å². The fourth-order valence-corrected chi connectivity index (χ4v) is 2.66. The van der Waals surface area contributed by atoms with Crippen LogP contribution in [0, 0.1) is 5.92 Å². The molecule has 6 heteroatoms. The van der Waals surface area contributed by atoms with Gasteiger partial charge in [-0.1, -0.05) is 12.1 Å². The van der Waals surface area contributed by atoms with Gasteiger partial charge in [0, 0.05) is 44.2 Å². The van der Waals surface area contributed by atoms with Crippen LogP contribution in [0.25, 0.3) is 0 Å². The van der Waals surface area contributed by atoms with Gasteiger partial charge < -0.3 is 15.1 Å². The van der Waals surface area contributed by atoms with Crippen molar-refractivity contribution in [2.45, 2.75) is 19.4 Å². The van der Waals surface area contributed by atoms with Gasteiger partial charge in [-0.3, -0.25) is 14.4 Å². The second-order valence-electron chi connectivity index (χ2n) is 6.12. The summed E-state index contributed by atoms with van der Waals surface area (Å²) in [5.74, 6) is 0.322. The maximum Gasteiger partial charge on any atom is 0.253 e. The second kappa shape index (κ2) is 6.81. The lowest BCUT2D eigenvalue weighted by Crippen LogP contribution is -2.48. The van der Waals surface area contributed by atoms with Crippen LogP contribution < -0.4 is 5.32 Å². The van der Waals surface area contributed by atoms with E-state index in [2.05, 4.69) is 5.32 Å². The van der Waals surface area contributed by atoms with Crippen LogP contribution in [0.3, 0.4) is 0 Å². The number of hydrogen-bond donors (Lipinski definition) is 1. The fraction of sp³-hybridized carbons (Fsp3) is 0.471. The smallest absolute Gasteiger partial charge is 0.253 e. The molecule has 0 bridgehead atoms. The molecule has 1 aliphatic carbocycles. The van der Waals surface area contributed by atoms with Gasteiger partial charge in [-0.2, -0.15) is 0 Å². The van der Waals surface area contributed by atoms with E-state index in [1.54, 1.807) is 21.9 Å². The highest BCUT2D eigenvalue weighted by atomic mass is 16.2. The highest BCUT2D eigenvalue weighted by Crippen LogP contribution is 2.28. The molecular formula is C17H21N3O3. The third kappa shape index (κ3) is 3.88. The first-order valence-corrected chi connectivity index (χ1v) is 8.02. The molecule has 0 unspecified atom stereocenters. The van der Waals surface area contributed by atoms with Crippen molar-refractivity contribution in [1.29, 1.82) is 0 Å². The predicted molar refractivity (Wildman–Crippen MR) is 84.6 cm³/mol. The summed E-state index contributed by atoms with van der Waals surface area (Å²) in [6, 6.07) is 7.35. The molecule has 3 amide bonds. The molecule has 6 nitrogen and oxygen atoms in total. The summed E-state index contributed by atoms with van der Waals surface area (Å²) in [4.78, 5) is 38.2. The average Bonchev–Trinajstić information content (AvgIpc) is 3.45. The molecule has 0 spiro atoms. The largest absolute Gasteiger partial charge is 0.352 e. The van der Waals surface area contributed by atoms with Gasteiger partial charge in [0.1, 0.15) is 0 Å². The van der Waals surface area contributed by atoms with Crippen molar-refractivity contribution >= 4 is 18.2 Å². The van der Waals surface area contributed by atoms with Crippen LogP contribution in [0.2, 0.25) is 0 Å². The number of piperazine rings is 1. The van der Waals surface area contributed by atoms with Crippen LogP contribution in [0.5, 0.6) is 0 Å². The zero-order valence-electron chi connectivity index (χ0n) is 13.0. The molecule has 1 aromatic rings. The normalized spacial score (nSPS) is 17.7. The second-order valence-corrected chi connectivity index (χ2v) is 6.12. The first kappa shape index (κ1) is 15.5. The van der Waals surface area contributed by atoms with Crippen molar-refractivity contribution in [1.82, 2.24) is 15.1 Å². The van der Waals surface area contributed by atoms with Gasteiger partial charge in [0.05, 0.1) is 0 Å². The SMILES string of the molecule is O=CN1CCN(C(=O)c2ccc(CNC(=O)C3CC3)cc2)CC1. The molecule has 23 heavy (non-hydrogen) atoms. The van der Waals surface area contributed by atoms with E-state index in [9.17, 15) is 14.4 Å². The van der Waals surface area contributed by atoms with Gasteiger partial charge in [0.25, 0.3) is 5.91 Å². The molecule has 3 rings (SSSR count). The van der Waals surface area contributed by atoms with Gasteiger partial charge in [-0.15, -0.1) is 0 Å². The van der Waals surface area contributed by atoms with Crippen molar-refractivity contribution in [3.05, 3.63) is 35.4 Å². The summed E-state index contributed by atoms with van der Waals surface area (Å²) >= 11 is 0. The third-order valence-corrected chi connectivity index (χ3v) is 4.37. The fourth-order valence-electron chi connectivity index (χ4n) is 2.66. The Morgan fingerprint density at radius 3 is 2.30 bits per heavy atom. The number of benzene rings is 1. The zero-order valence-corrected chi connectivity index (χ0v) is 13.0.